The molecule has 0 aromatic rings. The second kappa shape index (κ2) is 4.74. The van der Waals surface area contributed by atoms with Crippen LogP contribution in [0, 0.1) is 17.8 Å². The van der Waals surface area contributed by atoms with Gasteiger partial charge in [-0.3, -0.25) is 4.79 Å². The molecule has 3 heteroatoms. The second-order valence-electron chi connectivity index (χ2n) is 5.73. The first-order chi connectivity index (χ1) is 7.59. The quantitative estimate of drug-likeness (QED) is 0.735. The molecular weight excluding hydrogens is 200 g/mol. The average Bonchev–Trinajstić information content (AvgIpc) is 2.67. The number of amides is 1. The molecule has 1 saturated heterocycles. The SMILES string of the molecule is CC1CN(C(=O)C2CCCC2C)CCC1N. The summed E-state index contributed by atoms with van der Waals surface area (Å²) in [5.74, 6) is 1.72. The molecule has 1 heterocycles. The fourth-order valence-electron chi connectivity index (χ4n) is 3.11. The first-order valence-electron chi connectivity index (χ1n) is 6.64. The van der Waals surface area contributed by atoms with Crippen molar-refractivity contribution in [3.63, 3.8) is 0 Å². The number of likely N-dealkylation sites (tertiary alicyclic amines) is 1. The molecule has 0 bridgehead atoms. The predicted molar refractivity (Wildman–Crippen MR) is 64.8 cm³/mol. The van der Waals surface area contributed by atoms with Gasteiger partial charge in [-0.15, -0.1) is 0 Å². The zero-order valence-electron chi connectivity index (χ0n) is 10.5. The van der Waals surface area contributed by atoms with Crippen LogP contribution in [0.2, 0.25) is 0 Å². The minimum atomic E-state index is 0.282. The van der Waals surface area contributed by atoms with Crippen LogP contribution in [-0.4, -0.2) is 29.9 Å². The molecule has 3 nitrogen and oxygen atoms in total. The lowest BCUT2D eigenvalue weighted by molar-refractivity contribution is -0.138. The van der Waals surface area contributed by atoms with Gasteiger partial charge in [0.2, 0.25) is 5.91 Å². The highest BCUT2D eigenvalue weighted by Gasteiger charge is 2.35. The molecule has 92 valence electrons. The van der Waals surface area contributed by atoms with Gasteiger partial charge >= 0.3 is 0 Å². The number of hydrogen-bond acceptors (Lipinski definition) is 2. The normalized spacial score (nSPS) is 40.1. The maximum atomic E-state index is 12.3. The predicted octanol–water partition coefficient (Wildman–Crippen LogP) is 1.62. The average molecular weight is 224 g/mol. The Labute approximate surface area is 98.4 Å². The molecule has 0 spiro atoms. The van der Waals surface area contributed by atoms with Crippen LogP contribution in [0.5, 0.6) is 0 Å². The first kappa shape index (κ1) is 11.9. The van der Waals surface area contributed by atoms with E-state index in [9.17, 15) is 4.79 Å². The van der Waals surface area contributed by atoms with Gasteiger partial charge in [-0.05, 0) is 31.1 Å². The monoisotopic (exact) mass is 224 g/mol. The smallest absolute Gasteiger partial charge is 0.225 e. The van der Waals surface area contributed by atoms with Crippen molar-refractivity contribution in [3.05, 3.63) is 0 Å². The van der Waals surface area contributed by atoms with Crippen molar-refractivity contribution in [1.29, 1.82) is 0 Å². The number of carbonyl (C=O) groups is 1. The topological polar surface area (TPSA) is 46.3 Å². The van der Waals surface area contributed by atoms with Crippen molar-refractivity contribution in [2.45, 2.75) is 45.6 Å². The number of nitrogens with two attached hydrogens (primary N) is 1. The van der Waals surface area contributed by atoms with E-state index >= 15 is 0 Å². The van der Waals surface area contributed by atoms with E-state index in [1.54, 1.807) is 0 Å². The summed E-state index contributed by atoms with van der Waals surface area (Å²) < 4.78 is 0. The highest BCUT2D eigenvalue weighted by atomic mass is 16.2. The lowest BCUT2D eigenvalue weighted by Gasteiger charge is -2.37. The molecule has 2 N–H and O–H groups in total. The van der Waals surface area contributed by atoms with E-state index in [1.807, 2.05) is 0 Å². The molecule has 4 atom stereocenters. The molecule has 1 aliphatic heterocycles. The molecule has 1 saturated carbocycles. The molecule has 2 fully saturated rings. The highest BCUT2D eigenvalue weighted by Crippen LogP contribution is 2.33. The van der Waals surface area contributed by atoms with Gasteiger partial charge in [-0.2, -0.15) is 0 Å². The molecule has 2 rings (SSSR count). The highest BCUT2D eigenvalue weighted by molar-refractivity contribution is 5.79. The summed E-state index contributed by atoms with van der Waals surface area (Å²) in [4.78, 5) is 14.4. The third-order valence-corrected chi connectivity index (χ3v) is 4.46. The number of hydrogen-bond donors (Lipinski definition) is 1. The van der Waals surface area contributed by atoms with Gasteiger partial charge in [0.05, 0.1) is 0 Å². The summed E-state index contributed by atoms with van der Waals surface area (Å²) in [5, 5.41) is 0. The Bertz CT molecular complexity index is 267. The fraction of sp³-hybridized carbons (Fsp3) is 0.923. The number of rotatable bonds is 1. The molecule has 1 aliphatic carbocycles. The van der Waals surface area contributed by atoms with E-state index in [4.69, 9.17) is 5.73 Å². The van der Waals surface area contributed by atoms with Gasteiger partial charge < -0.3 is 10.6 Å². The van der Waals surface area contributed by atoms with E-state index in [1.165, 1.54) is 12.8 Å². The van der Waals surface area contributed by atoms with Crippen LogP contribution in [0.4, 0.5) is 0 Å². The fourth-order valence-corrected chi connectivity index (χ4v) is 3.11. The Morgan fingerprint density at radius 2 is 1.94 bits per heavy atom. The Kier molecular flexibility index (Phi) is 3.53. The van der Waals surface area contributed by atoms with Crippen molar-refractivity contribution in [2.75, 3.05) is 13.1 Å². The van der Waals surface area contributed by atoms with Gasteiger partial charge in [0, 0.05) is 25.0 Å². The summed E-state index contributed by atoms with van der Waals surface area (Å²) in [5.41, 5.74) is 5.98. The third kappa shape index (κ3) is 2.24. The largest absolute Gasteiger partial charge is 0.342 e. The first-order valence-corrected chi connectivity index (χ1v) is 6.64. The molecular formula is C13H24N2O. The van der Waals surface area contributed by atoms with Crippen molar-refractivity contribution in [2.24, 2.45) is 23.5 Å². The minimum absolute atomic E-state index is 0.282. The van der Waals surface area contributed by atoms with Crippen molar-refractivity contribution < 1.29 is 4.79 Å². The van der Waals surface area contributed by atoms with Crippen LogP contribution in [0.15, 0.2) is 0 Å². The zero-order chi connectivity index (χ0) is 11.7. The Morgan fingerprint density at radius 3 is 2.50 bits per heavy atom. The van der Waals surface area contributed by atoms with Crippen LogP contribution in [0.3, 0.4) is 0 Å². The number of carbonyl (C=O) groups excluding carboxylic acids is 1. The summed E-state index contributed by atoms with van der Waals surface area (Å²) in [6.45, 7) is 6.10. The Hall–Kier alpha value is -0.570. The lowest BCUT2D eigenvalue weighted by atomic mass is 9.91. The zero-order valence-corrected chi connectivity index (χ0v) is 10.5. The third-order valence-electron chi connectivity index (χ3n) is 4.46. The van der Waals surface area contributed by atoms with Gasteiger partial charge in [0.25, 0.3) is 0 Å². The molecule has 1 amide bonds. The molecule has 0 aromatic heterocycles. The molecule has 2 aliphatic rings. The van der Waals surface area contributed by atoms with E-state index < -0.39 is 0 Å². The Morgan fingerprint density at radius 1 is 1.19 bits per heavy atom. The summed E-state index contributed by atoms with van der Waals surface area (Å²) in [6.07, 6.45) is 4.50. The van der Waals surface area contributed by atoms with E-state index in [-0.39, 0.29) is 6.04 Å². The van der Waals surface area contributed by atoms with Crippen molar-refractivity contribution in [3.8, 4) is 0 Å². The number of nitrogens with zero attached hydrogens (tertiary/aromatic N) is 1. The summed E-state index contributed by atoms with van der Waals surface area (Å²) in [7, 11) is 0. The second-order valence-corrected chi connectivity index (χ2v) is 5.73. The molecule has 16 heavy (non-hydrogen) atoms. The van der Waals surface area contributed by atoms with Gasteiger partial charge in [0.1, 0.15) is 0 Å². The maximum Gasteiger partial charge on any atom is 0.225 e. The standard InChI is InChI=1S/C13H24N2O/c1-9-4-3-5-11(9)13(16)15-7-6-12(14)10(2)8-15/h9-12H,3-8,14H2,1-2H3. The van der Waals surface area contributed by atoms with Gasteiger partial charge in [0.15, 0.2) is 0 Å². The molecule has 0 aromatic carbocycles. The lowest BCUT2D eigenvalue weighted by Crippen LogP contribution is -2.50. The van der Waals surface area contributed by atoms with E-state index in [0.29, 0.717) is 23.7 Å². The Balaban J connectivity index is 1.95. The van der Waals surface area contributed by atoms with Gasteiger partial charge in [-0.25, -0.2) is 0 Å². The number of piperidine rings is 1. The van der Waals surface area contributed by atoms with Crippen LogP contribution in [0.25, 0.3) is 0 Å². The maximum absolute atomic E-state index is 12.3. The van der Waals surface area contributed by atoms with Gasteiger partial charge in [-0.1, -0.05) is 20.3 Å². The van der Waals surface area contributed by atoms with Crippen LogP contribution in [-0.2, 0) is 4.79 Å². The van der Waals surface area contributed by atoms with E-state index in [0.717, 1.165) is 25.9 Å². The van der Waals surface area contributed by atoms with Crippen molar-refractivity contribution >= 4 is 5.91 Å². The van der Waals surface area contributed by atoms with Crippen LogP contribution < -0.4 is 5.73 Å². The summed E-state index contributed by atoms with van der Waals surface area (Å²) in [6, 6.07) is 0.282. The van der Waals surface area contributed by atoms with Crippen LogP contribution in [0.1, 0.15) is 39.5 Å². The molecule has 4 unspecified atom stereocenters. The molecule has 0 radical (unpaired) electrons. The van der Waals surface area contributed by atoms with Crippen molar-refractivity contribution in [1.82, 2.24) is 4.90 Å². The summed E-state index contributed by atoms with van der Waals surface area (Å²) >= 11 is 0. The van der Waals surface area contributed by atoms with Crippen LogP contribution >= 0.6 is 0 Å². The van der Waals surface area contributed by atoms with E-state index in [2.05, 4.69) is 18.7 Å². The minimum Gasteiger partial charge on any atom is -0.342 e.